The van der Waals surface area contributed by atoms with Crippen molar-refractivity contribution in [2.75, 3.05) is 7.11 Å². The Morgan fingerprint density at radius 1 is 1.30 bits per heavy atom. The Labute approximate surface area is 119 Å². The number of rotatable bonds is 2. The normalized spacial score (nSPS) is 10.7. The maximum Gasteiger partial charge on any atom is 0.268 e. The van der Waals surface area contributed by atoms with E-state index in [9.17, 15) is 4.79 Å². The highest BCUT2D eigenvalue weighted by molar-refractivity contribution is 7.71. The van der Waals surface area contributed by atoms with Crippen molar-refractivity contribution in [3.8, 4) is 11.4 Å². The average Bonchev–Trinajstić information content (AvgIpc) is 2.47. The molecule has 0 fully saturated rings. The highest BCUT2D eigenvalue weighted by Crippen LogP contribution is 2.16. The fourth-order valence-corrected chi connectivity index (χ4v) is 2.32. The molecule has 20 heavy (non-hydrogen) atoms. The lowest BCUT2D eigenvalue weighted by atomic mass is 10.3. The summed E-state index contributed by atoms with van der Waals surface area (Å²) in [5.74, 6) is 0.662. The third-order valence-electron chi connectivity index (χ3n) is 2.98. The number of hydrogen-bond acceptors (Lipinski definition) is 4. The standard InChI is InChI=1S/C14H11N3O2S/c1-19-10-5-2-4-9(8-10)17-13(18)11-6-3-7-15-12(11)16-14(17)20/h2-8H,1H3,(H,15,16,20). The number of pyridine rings is 1. The fraction of sp³-hybridized carbons (Fsp3) is 0.0714. The van der Waals surface area contributed by atoms with Crippen LogP contribution in [-0.4, -0.2) is 21.6 Å². The van der Waals surface area contributed by atoms with Gasteiger partial charge in [-0.3, -0.25) is 9.36 Å². The van der Waals surface area contributed by atoms with Crippen LogP contribution in [0.2, 0.25) is 0 Å². The van der Waals surface area contributed by atoms with Crippen molar-refractivity contribution >= 4 is 23.3 Å². The number of methoxy groups -OCH3 is 1. The monoisotopic (exact) mass is 285 g/mol. The van der Waals surface area contributed by atoms with Gasteiger partial charge in [0.15, 0.2) is 4.77 Å². The summed E-state index contributed by atoms with van der Waals surface area (Å²) in [5.41, 5.74) is 0.938. The number of ether oxygens (including phenoxy) is 1. The molecule has 2 aromatic heterocycles. The van der Waals surface area contributed by atoms with Gasteiger partial charge in [0.05, 0.1) is 18.2 Å². The van der Waals surface area contributed by atoms with Crippen LogP contribution in [0.25, 0.3) is 16.7 Å². The van der Waals surface area contributed by atoms with Gasteiger partial charge >= 0.3 is 0 Å². The molecular formula is C14H11N3O2S. The first-order chi connectivity index (χ1) is 9.70. The lowest BCUT2D eigenvalue weighted by Crippen LogP contribution is -2.20. The van der Waals surface area contributed by atoms with Gasteiger partial charge in [0, 0.05) is 12.3 Å². The van der Waals surface area contributed by atoms with Gasteiger partial charge < -0.3 is 9.72 Å². The minimum atomic E-state index is -0.204. The molecule has 0 atom stereocenters. The molecular weight excluding hydrogens is 274 g/mol. The summed E-state index contributed by atoms with van der Waals surface area (Å²) in [4.78, 5) is 19.6. The van der Waals surface area contributed by atoms with Crippen LogP contribution >= 0.6 is 12.2 Å². The van der Waals surface area contributed by atoms with Gasteiger partial charge in [0.25, 0.3) is 5.56 Å². The number of fused-ring (bicyclic) bond motifs is 1. The van der Waals surface area contributed by atoms with E-state index in [4.69, 9.17) is 17.0 Å². The Hall–Kier alpha value is -2.47. The third-order valence-corrected chi connectivity index (χ3v) is 3.27. The van der Waals surface area contributed by atoms with Gasteiger partial charge in [0.1, 0.15) is 11.4 Å². The summed E-state index contributed by atoms with van der Waals surface area (Å²) in [7, 11) is 1.58. The van der Waals surface area contributed by atoms with Crippen LogP contribution < -0.4 is 10.3 Å². The summed E-state index contributed by atoms with van der Waals surface area (Å²) < 4.78 is 6.90. The first kappa shape index (κ1) is 12.6. The third kappa shape index (κ3) is 2.00. The van der Waals surface area contributed by atoms with Crippen molar-refractivity contribution < 1.29 is 4.74 Å². The molecule has 0 aliphatic heterocycles. The van der Waals surface area contributed by atoms with Crippen LogP contribution in [0, 0.1) is 4.77 Å². The van der Waals surface area contributed by atoms with E-state index >= 15 is 0 Å². The Kier molecular flexibility index (Phi) is 3.08. The number of H-pyrrole nitrogens is 1. The Morgan fingerprint density at radius 3 is 2.95 bits per heavy atom. The van der Waals surface area contributed by atoms with Gasteiger partial charge in [-0.05, 0) is 36.5 Å². The van der Waals surface area contributed by atoms with Crippen molar-refractivity contribution in [3.63, 3.8) is 0 Å². The van der Waals surface area contributed by atoms with E-state index in [1.807, 2.05) is 12.1 Å². The maximum absolute atomic E-state index is 12.5. The minimum Gasteiger partial charge on any atom is -0.497 e. The second kappa shape index (κ2) is 4.90. The van der Waals surface area contributed by atoms with Gasteiger partial charge in [-0.1, -0.05) is 6.07 Å². The number of hydrogen-bond donors (Lipinski definition) is 1. The van der Waals surface area contributed by atoms with Crippen LogP contribution in [0.5, 0.6) is 5.75 Å². The van der Waals surface area contributed by atoms with Crippen LogP contribution in [0.3, 0.4) is 0 Å². The van der Waals surface area contributed by atoms with E-state index in [-0.39, 0.29) is 5.56 Å². The van der Waals surface area contributed by atoms with Crippen molar-refractivity contribution in [3.05, 3.63) is 57.7 Å². The van der Waals surface area contributed by atoms with Crippen LogP contribution in [0.1, 0.15) is 0 Å². The van der Waals surface area contributed by atoms with Crippen LogP contribution in [0.4, 0.5) is 0 Å². The van der Waals surface area contributed by atoms with E-state index in [0.717, 1.165) is 0 Å². The number of aromatic amines is 1. The molecule has 0 aliphatic carbocycles. The van der Waals surface area contributed by atoms with Crippen molar-refractivity contribution in [1.29, 1.82) is 0 Å². The number of nitrogens with one attached hydrogen (secondary N) is 1. The molecule has 0 amide bonds. The van der Waals surface area contributed by atoms with Crippen molar-refractivity contribution in [2.24, 2.45) is 0 Å². The smallest absolute Gasteiger partial charge is 0.268 e. The van der Waals surface area contributed by atoms with Gasteiger partial charge in [-0.25, -0.2) is 4.98 Å². The van der Waals surface area contributed by atoms with Crippen molar-refractivity contribution in [2.45, 2.75) is 0 Å². The van der Waals surface area contributed by atoms with Crippen LogP contribution in [0.15, 0.2) is 47.4 Å². The van der Waals surface area contributed by atoms with E-state index in [2.05, 4.69) is 9.97 Å². The second-order valence-electron chi connectivity index (χ2n) is 4.17. The molecule has 0 unspecified atom stereocenters. The summed E-state index contributed by atoms with van der Waals surface area (Å²) >= 11 is 5.26. The molecule has 1 aromatic carbocycles. The summed E-state index contributed by atoms with van der Waals surface area (Å²) in [6, 6.07) is 10.6. The quantitative estimate of drug-likeness (QED) is 0.735. The predicted molar refractivity (Wildman–Crippen MR) is 79.1 cm³/mol. The highest BCUT2D eigenvalue weighted by atomic mass is 32.1. The van der Waals surface area contributed by atoms with E-state index in [1.54, 1.807) is 37.6 Å². The lowest BCUT2D eigenvalue weighted by molar-refractivity contribution is 0.414. The highest BCUT2D eigenvalue weighted by Gasteiger charge is 2.08. The molecule has 1 N–H and O–H groups in total. The lowest BCUT2D eigenvalue weighted by Gasteiger charge is -2.08. The Bertz CT molecular complexity index is 899. The molecule has 5 nitrogen and oxygen atoms in total. The van der Waals surface area contributed by atoms with Gasteiger partial charge in [0.2, 0.25) is 0 Å². The molecule has 0 bridgehead atoms. The minimum absolute atomic E-state index is 0.204. The summed E-state index contributed by atoms with van der Waals surface area (Å²) in [5, 5.41) is 0.490. The van der Waals surface area contributed by atoms with Gasteiger partial charge in [-0.15, -0.1) is 0 Å². The summed E-state index contributed by atoms with van der Waals surface area (Å²) in [6.45, 7) is 0. The predicted octanol–water partition coefficient (Wildman–Crippen LogP) is 2.45. The number of benzene rings is 1. The zero-order chi connectivity index (χ0) is 14.1. The van der Waals surface area contributed by atoms with E-state index in [1.165, 1.54) is 4.57 Å². The zero-order valence-electron chi connectivity index (χ0n) is 10.7. The van der Waals surface area contributed by atoms with E-state index < -0.39 is 0 Å². The molecule has 0 radical (unpaired) electrons. The molecule has 6 heteroatoms. The molecule has 3 aromatic rings. The second-order valence-corrected chi connectivity index (χ2v) is 4.56. The molecule has 3 rings (SSSR count). The summed E-state index contributed by atoms with van der Waals surface area (Å²) in [6.07, 6.45) is 1.61. The SMILES string of the molecule is COc1cccc(-n2c(=S)[nH]c3ncccc3c2=O)c1. The topological polar surface area (TPSA) is 59.9 Å². The van der Waals surface area contributed by atoms with Crippen LogP contribution in [-0.2, 0) is 0 Å². The largest absolute Gasteiger partial charge is 0.497 e. The first-order valence-electron chi connectivity index (χ1n) is 5.95. The first-order valence-corrected chi connectivity index (χ1v) is 6.36. The fourth-order valence-electron chi connectivity index (χ4n) is 2.03. The molecule has 0 saturated carbocycles. The number of nitrogens with zero attached hydrogens (tertiary/aromatic N) is 2. The Balaban J connectivity index is 2.36. The number of aromatic nitrogens is 3. The molecule has 2 heterocycles. The van der Waals surface area contributed by atoms with Gasteiger partial charge in [-0.2, -0.15) is 0 Å². The molecule has 0 spiro atoms. The molecule has 0 aliphatic rings. The Morgan fingerprint density at radius 2 is 2.15 bits per heavy atom. The molecule has 100 valence electrons. The molecule has 0 saturated heterocycles. The zero-order valence-corrected chi connectivity index (χ0v) is 11.5. The van der Waals surface area contributed by atoms with Crippen molar-refractivity contribution in [1.82, 2.24) is 14.5 Å². The maximum atomic E-state index is 12.5. The van der Waals surface area contributed by atoms with E-state index in [0.29, 0.717) is 27.2 Å². The average molecular weight is 285 g/mol.